The van der Waals surface area contributed by atoms with Gasteiger partial charge in [0, 0.05) is 17.5 Å². The number of carbonyl (C=O) groups excluding carboxylic acids is 2. The van der Waals surface area contributed by atoms with E-state index < -0.39 is 15.7 Å². The molecule has 0 heterocycles. The number of hydrogen-bond donors (Lipinski definition) is 2. The van der Waals surface area contributed by atoms with Crippen LogP contribution < -0.4 is 10.6 Å². The number of amides is 2. The molecule has 0 fully saturated rings. The Morgan fingerprint density at radius 2 is 1.62 bits per heavy atom. The molecule has 2 amide bonds. The second-order valence-corrected chi connectivity index (χ2v) is 8.41. The van der Waals surface area contributed by atoms with Gasteiger partial charge in [-0.3, -0.25) is 9.59 Å². The number of aryl methyl sites for hydroxylation is 2. The Morgan fingerprint density at radius 3 is 2.23 bits per heavy atom. The highest BCUT2D eigenvalue weighted by Crippen LogP contribution is 2.19. The lowest BCUT2D eigenvalue weighted by atomic mass is 10.1. The predicted molar refractivity (Wildman–Crippen MR) is 102 cm³/mol. The van der Waals surface area contributed by atoms with Crippen molar-refractivity contribution in [2.45, 2.75) is 19.6 Å². The smallest absolute Gasteiger partial charge is 0.251 e. The van der Waals surface area contributed by atoms with E-state index in [4.69, 9.17) is 0 Å². The Morgan fingerprint density at radius 1 is 1.00 bits per heavy atom. The third kappa shape index (κ3) is 5.70. The van der Waals surface area contributed by atoms with E-state index in [9.17, 15) is 18.0 Å². The zero-order valence-electron chi connectivity index (χ0n) is 15.0. The minimum atomic E-state index is -3.18. The molecule has 0 radical (unpaired) electrons. The number of para-hydroxylation sites is 1. The van der Waals surface area contributed by atoms with Gasteiger partial charge in [-0.25, -0.2) is 8.42 Å². The molecule has 0 aliphatic heterocycles. The van der Waals surface area contributed by atoms with E-state index in [0.29, 0.717) is 11.1 Å². The van der Waals surface area contributed by atoms with Crippen LogP contribution in [0.15, 0.2) is 42.5 Å². The first-order valence-electron chi connectivity index (χ1n) is 8.06. The monoisotopic (exact) mass is 374 g/mol. The molecule has 0 atom stereocenters. The summed E-state index contributed by atoms with van der Waals surface area (Å²) in [5.41, 5.74) is 3.46. The van der Waals surface area contributed by atoms with Crippen molar-refractivity contribution in [2.75, 3.05) is 18.1 Å². The predicted octanol–water partition coefficient (Wildman–Crippen LogP) is 2.22. The Balaban J connectivity index is 1.98. The average Bonchev–Trinajstić information content (AvgIpc) is 2.55. The van der Waals surface area contributed by atoms with Crippen LogP contribution >= 0.6 is 0 Å². The van der Waals surface area contributed by atoms with Crippen molar-refractivity contribution in [1.82, 2.24) is 5.32 Å². The molecule has 6 nitrogen and oxygen atoms in total. The SMILES string of the molecule is Cc1cccc(C)c1NC(=O)CNC(=O)c1cccc(CS(C)(=O)=O)c1. The van der Waals surface area contributed by atoms with E-state index in [1.54, 1.807) is 18.2 Å². The third-order valence-corrected chi connectivity index (χ3v) is 4.63. The van der Waals surface area contributed by atoms with E-state index in [1.807, 2.05) is 32.0 Å². The highest BCUT2D eigenvalue weighted by atomic mass is 32.2. The first kappa shape index (κ1) is 19.7. The number of carbonyl (C=O) groups is 2. The van der Waals surface area contributed by atoms with Crippen molar-refractivity contribution in [1.29, 1.82) is 0 Å². The lowest BCUT2D eigenvalue weighted by molar-refractivity contribution is -0.115. The highest BCUT2D eigenvalue weighted by molar-refractivity contribution is 7.89. The molecule has 0 saturated carbocycles. The summed E-state index contributed by atoms with van der Waals surface area (Å²) in [5, 5.41) is 5.34. The van der Waals surface area contributed by atoms with Crippen LogP contribution in [0.25, 0.3) is 0 Å². The van der Waals surface area contributed by atoms with Gasteiger partial charge in [-0.05, 0) is 42.7 Å². The summed E-state index contributed by atoms with van der Waals surface area (Å²) in [6, 6.07) is 12.1. The topological polar surface area (TPSA) is 92.3 Å². The molecule has 2 rings (SSSR count). The van der Waals surface area contributed by atoms with Crippen molar-refractivity contribution >= 4 is 27.3 Å². The molecule has 0 spiro atoms. The van der Waals surface area contributed by atoms with Gasteiger partial charge in [0.1, 0.15) is 0 Å². The first-order valence-corrected chi connectivity index (χ1v) is 10.1. The van der Waals surface area contributed by atoms with Gasteiger partial charge >= 0.3 is 0 Å². The fourth-order valence-electron chi connectivity index (χ4n) is 2.56. The van der Waals surface area contributed by atoms with Gasteiger partial charge in [-0.1, -0.05) is 30.3 Å². The van der Waals surface area contributed by atoms with Gasteiger partial charge in [0.15, 0.2) is 9.84 Å². The molecule has 0 unspecified atom stereocenters. The van der Waals surface area contributed by atoms with Crippen molar-refractivity contribution in [3.8, 4) is 0 Å². The van der Waals surface area contributed by atoms with Gasteiger partial charge in [0.05, 0.1) is 12.3 Å². The molecule has 2 aromatic carbocycles. The van der Waals surface area contributed by atoms with Crippen molar-refractivity contribution < 1.29 is 18.0 Å². The highest BCUT2D eigenvalue weighted by Gasteiger charge is 2.12. The van der Waals surface area contributed by atoms with E-state index in [1.165, 1.54) is 6.07 Å². The van der Waals surface area contributed by atoms with Gasteiger partial charge in [-0.2, -0.15) is 0 Å². The lowest BCUT2D eigenvalue weighted by Crippen LogP contribution is -2.33. The van der Waals surface area contributed by atoms with Crippen LogP contribution in [-0.4, -0.2) is 33.0 Å². The van der Waals surface area contributed by atoms with Crippen LogP contribution in [0.3, 0.4) is 0 Å². The van der Waals surface area contributed by atoms with E-state index >= 15 is 0 Å². The fourth-order valence-corrected chi connectivity index (χ4v) is 3.35. The van der Waals surface area contributed by atoms with Gasteiger partial charge in [-0.15, -0.1) is 0 Å². The number of benzene rings is 2. The number of hydrogen-bond acceptors (Lipinski definition) is 4. The molecule has 26 heavy (non-hydrogen) atoms. The Hall–Kier alpha value is -2.67. The molecular weight excluding hydrogens is 352 g/mol. The normalized spacial score (nSPS) is 11.0. The zero-order chi connectivity index (χ0) is 19.3. The standard InChI is InChI=1S/C19H22N2O4S/c1-13-6-4-7-14(2)18(13)21-17(22)11-20-19(23)16-9-5-8-15(10-16)12-26(3,24)25/h4-10H,11-12H2,1-3H3,(H,20,23)(H,21,22). The number of sulfone groups is 1. The van der Waals surface area contributed by atoms with Crippen LogP contribution in [0.5, 0.6) is 0 Å². The van der Waals surface area contributed by atoms with E-state index in [2.05, 4.69) is 10.6 Å². The van der Waals surface area contributed by atoms with E-state index in [0.717, 1.165) is 23.1 Å². The second-order valence-electron chi connectivity index (χ2n) is 6.27. The summed E-state index contributed by atoms with van der Waals surface area (Å²) in [6.45, 7) is 3.62. The quantitative estimate of drug-likeness (QED) is 0.811. The van der Waals surface area contributed by atoms with Crippen molar-refractivity contribution in [2.24, 2.45) is 0 Å². The molecular formula is C19H22N2O4S. The second kappa shape index (κ2) is 8.14. The summed E-state index contributed by atoms with van der Waals surface area (Å²) in [7, 11) is -3.18. The molecule has 0 saturated heterocycles. The van der Waals surface area contributed by atoms with E-state index in [-0.39, 0.29) is 18.2 Å². The summed E-state index contributed by atoms with van der Waals surface area (Å²) in [5.74, 6) is -0.902. The van der Waals surface area contributed by atoms with Crippen LogP contribution in [0.4, 0.5) is 5.69 Å². The largest absolute Gasteiger partial charge is 0.343 e. The minimum absolute atomic E-state index is 0.138. The third-order valence-electron chi connectivity index (χ3n) is 3.77. The maximum Gasteiger partial charge on any atom is 0.251 e. The molecule has 2 N–H and O–H groups in total. The number of anilines is 1. The zero-order valence-corrected chi connectivity index (χ0v) is 15.8. The Labute approximate surface area is 153 Å². The molecule has 0 bridgehead atoms. The van der Waals surface area contributed by atoms with Crippen LogP contribution in [-0.2, 0) is 20.4 Å². The molecule has 0 aliphatic rings. The average molecular weight is 374 g/mol. The number of rotatable bonds is 6. The maximum absolute atomic E-state index is 12.2. The molecule has 0 aromatic heterocycles. The van der Waals surface area contributed by atoms with Crippen molar-refractivity contribution in [3.63, 3.8) is 0 Å². The summed E-state index contributed by atoms with van der Waals surface area (Å²) < 4.78 is 22.7. The van der Waals surface area contributed by atoms with Gasteiger partial charge in [0.2, 0.25) is 5.91 Å². The summed E-state index contributed by atoms with van der Waals surface area (Å²) in [4.78, 5) is 24.3. The minimum Gasteiger partial charge on any atom is -0.343 e. The molecule has 0 aliphatic carbocycles. The molecule has 7 heteroatoms. The van der Waals surface area contributed by atoms with Crippen LogP contribution in [0.2, 0.25) is 0 Å². The lowest BCUT2D eigenvalue weighted by Gasteiger charge is -2.12. The Kier molecular flexibility index (Phi) is 6.15. The fraction of sp³-hybridized carbons (Fsp3) is 0.263. The van der Waals surface area contributed by atoms with Crippen LogP contribution in [0.1, 0.15) is 27.0 Å². The molecule has 138 valence electrons. The van der Waals surface area contributed by atoms with Crippen LogP contribution in [0, 0.1) is 13.8 Å². The summed E-state index contributed by atoms with van der Waals surface area (Å²) in [6.07, 6.45) is 1.14. The maximum atomic E-state index is 12.2. The summed E-state index contributed by atoms with van der Waals surface area (Å²) >= 11 is 0. The first-order chi connectivity index (χ1) is 12.2. The number of nitrogens with one attached hydrogen (secondary N) is 2. The van der Waals surface area contributed by atoms with Crippen molar-refractivity contribution in [3.05, 3.63) is 64.7 Å². The van der Waals surface area contributed by atoms with Gasteiger partial charge in [0.25, 0.3) is 5.91 Å². The molecule has 2 aromatic rings. The Bertz CT molecular complexity index is 916. The van der Waals surface area contributed by atoms with Gasteiger partial charge < -0.3 is 10.6 Å².